The van der Waals surface area contributed by atoms with Gasteiger partial charge in [-0.1, -0.05) is 0 Å². The molecule has 0 aliphatic carbocycles. The second-order valence-electron chi connectivity index (χ2n) is 8.31. The van der Waals surface area contributed by atoms with Crippen molar-refractivity contribution in [2.24, 2.45) is 0 Å². The lowest BCUT2D eigenvalue weighted by atomic mass is 10.1. The summed E-state index contributed by atoms with van der Waals surface area (Å²) >= 11 is 0. The van der Waals surface area contributed by atoms with Crippen molar-refractivity contribution in [1.29, 1.82) is 0 Å². The molecule has 2 saturated heterocycles. The number of carbonyl (C=O) groups is 2. The highest BCUT2D eigenvalue weighted by Gasteiger charge is 2.25. The standard InChI is InChI=1S/C22H31F2N3O4/c1-15-13-26(14-16(2)31-15)7-8-30-20-3-5-27(6-4-20)21(28)12-25-22(29)17-9-18(23)11-19(24)10-17/h9-11,15-16,20H,3-8,12-14H2,1-2H3,(H,25,29)/t15-,16+. The predicted octanol–water partition coefficient (Wildman–Crippen LogP) is 1.81. The van der Waals surface area contributed by atoms with Crippen LogP contribution in [0.25, 0.3) is 0 Å². The van der Waals surface area contributed by atoms with Gasteiger partial charge < -0.3 is 19.7 Å². The lowest BCUT2D eigenvalue weighted by molar-refractivity contribution is -0.132. The van der Waals surface area contributed by atoms with Crippen LogP contribution in [0, 0.1) is 11.6 Å². The Kier molecular flexibility index (Phi) is 8.34. The van der Waals surface area contributed by atoms with E-state index < -0.39 is 17.5 Å². The number of rotatable bonds is 7. The van der Waals surface area contributed by atoms with Crippen molar-refractivity contribution in [1.82, 2.24) is 15.1 Å². The Morgan fingerprint density at radius 1 is 1.10 bits per heavy atom. The molecule has 0 aromatic heterocycles. The summed E-state index contributed by atoms with van der Waals surface area (Å²) in [4.78, 5) is 28.4. The average molecular weight is 440 g/mol. The van der Waals surface area contributed by atoms with Gasteiger partial charge in [0.05, 0.1) is 31.5 Å². The first kappa shape index (κ1) is 23.6. The van der Waals surface area contributed by atoms with E-state index in [1.54, 1.807) is 4.90 Å². The van der Waals surface area contributed by atoms with Crippen molar-refractivity contribution in [2.45, 2.75) is 45.0 Å². The molecular formula is C22H31F2N3O4. The third kappa shape index (κ3) is 7.22. The van der Waals surface area contributed by atoms with E-state index in [1.807, 2.05) is 0 Å². The highest BCUT2D eigenvalue weighted by Crippen LogP contribution is 2.15. The molecule has 9 heteroatoms. The van der Waals surface area contributed by atoms with Crippen molar-refractivity contribution in [3.63, 3.8) is 0 Å². The largest absolute Gasteiger partial charge is 0.377 e. The van der Waals surface area contributed by atoms with Gasteiger partial charge in [0.25, 0.3) is 5.91 Å². The number of hydrogen-bond acceptors (Lipinski definition) is 5. The van der Waals surface area contributed by atoms with Crippen LogP contribution in [0.4, 0.5) is 8.78 Å². The molecule has 2 atom stereocenters. The number of benzene rings is 1. The lowest BCUT2D eigenvalue weighted by Crippen LogP contribution is -2.47. The summed E-state index contributed by atoms with van der Waals surface area (Å²) in [5.41, 5.74) is -0.151. The normalized spacial score (nSPS) is 23.0. The van der Waals surface area contributed by atoms with Crippen LogP contribution in [0.15, 0.2) is 18.2 Å². The number of hydrogen-bond donors (Lipinski definition) is 1. The molecule has 1 N–H and O–H groups in total. The number of piperidine rings is 1. The summed E-state index contributed by atoms with van der Waals surface area (Å²) in [7, 11) is 0. The fourth-order valence-corrected chi connectivity index (χ4v) is 4.14. The van der Waals surface area contributed by atoms with Gasteiger partial charge in [-0.15, -0.1) is 0 Å². The maximum absolute atomic E-state index is 13.2. The summed E-state index contributed by atoms with van der Waals surface area (Å²) in [5, 5.41) is 2.43. The van der Waals surface area contributed by atoms with Crippen molar-refractivity contribution in [3.8, 4) is 0 Å². The Morgan fingerprint density at radius 3 is 2.32 bits per heavy atom. The highest BCUT2D eigenvalue weighted by atomic mass is 19.1. The van der Waals surface area contributed by atoms with Gasteiger partial charge in [0, 0.05) is 44.4 Å². The number of ether oxygens (including phenoxy) is 2. The van der Waals surface area contributed by atoms with Gasteiger partial charge in [-0.05, 0) is 38.8 Å². The molecule has 2 aliphatic heterocycles. The molecular weight excluding hydrogens is 408 g/mol. The SMILES string of the molecule is C[C@@H]1CN(CCOC2CCN(C(=O)CNC(=O)c3cc(F)cc(F)c3)CC2)C[C@H](C)O1. The van der Waals surface area contributed by atoms with Crippen molar-refractivity contribution >= 4 is 11.8 Å². The van der Waals surface area contributed by atoms with E-state index in [1.165, 1.54) is 0 Å². The van der Waals surface area contributed by atoms with Crippen molar-refractivity contribution in [3.05, 3.63) is 35.4 Å². The van der Waals surface area contributed by atoms with Gasteiger partial charge in [-0.25, -0.2) is 8.78 Å². The van der Waals surface area contributed by atoms with Gasteiger partial charge in [0.2, 0.25) is 5.91 Å². The molecule has 7 nitrogen and oxygen atoms in total. The minimum absolute atomic E-state index is 0.116. The number of halogens is 2. The zero-order chi connectivity index (χ0) is 22.4. The molecule has 3 rings (SSSR count). The van der Waals surface area contributed by atoms with Crippen LogP contribution in [0.2, 0.25) is 0 Å². The maximum atomic E-state index is 13.2. The molecule has 0 unspecified atom stereocenters. The van der Waals surface area contributed by atoms with Crippen LogP contribution in [0.3, 0.4) is 0 Å². The van der Waals surface area contributed by atoms with E-state index in [4.69, 9.17) is 9.47 Å². The van der Waals surface area contributed by atoms with E-state index in [0.29, 0.717) is 25.8 Å². The first-order chi connectivity index (χ1) is 14.8. The summed E-state index contributed by atoms with van der Waals surface area (Å²) in [6, 6.07) is 2.56. The molecule has 1 aromatic rings. The second kappa shape index (κ2) is 11.0. The topological polar surface area (TPSA) is 71.1 Å². The molecule has 2 heterocycles. The molecule has 0 spiro atoms. The molecule has 2 fully saturated rings. The molecule has 31 heavy (non-hydrogen) atoms. The van der Waals surface area contributed by atoms with E-state index >= 15 is 0 Å². The number of carbonyl (C=O) groups excluding carboxylic acids is 2. The van der Waals surface area contributed by atoms with Crippen LogP contribution < -0.4 is 5.32 Å². The van der Waals surface area contributed by atoms with E-state index in [9.17, 15) is 18.4 Å². The summed E-state index contributed by atoms with van der Waals surface area (Å²) in [5.74, 6) is -2.58. The van der Waals surface area contributed by atoms with Gasteiger partial charge in [-0.2, -0.15) is 0 Å². The molecule has 0 bridgehead atoms. The van der Waals surface area contributed by atoms with Gasteiger partial charge in [0.15, 0.2) is 0 Å². The lowest BCUT2D eigenvalue weighted by Gasteiger charge is -2.36. The summed E-state index contributed by atoms with van der Waals surface area (Å²) in [6.07, 6.45) is 2.07. The van der Waals surface area contributed by atoms with Gasteiger partial charge in [0.1, 0.15) is 11.6 Å². The van der Waals surface area contributed by atoms with Crippen LogP contribution in [0.5, 0.6) is 0 Å². The van der Waals surface area contributed by atoms with Gasteiger partial charge in [-0.3, -0.25) is 14.5 Å². The zero-order valence-electron chi connectivity index (χ0n) is 18.1. The van der Waals surface area contributed by atoms with Crippen LogP contribution in [0.1, 0.15) is 37.0 Å². The van der Waals surface area contributed by atoms with E-state index in [2.05, 4.69) is 24.1 Å². The van der Waals surface area contributed by atoms with E-state index in [0.717, 1.165) is 44.6 Å². The minimum Gasteiger partial charge on any atom is -0.377 e. The van der Waals surface area contributed by atoms with Gasteiger partial charge >= 0.3 is 0 Å². The Hall–Kier alpha value is -2.10. The number of likely N-dealkylation sites (tertiary alicyclic amines) is 1. The first-order valence-electron chi connectivity index (χ1n) is 10.8. The fourth-order valence-electron chi connectivity index (χ4n) is 4.14. The molecule has 2 amide bonds. The average Bonchev–Trinajstić information content (AvgIpc) is 2.71. The Morgan fingerprint density at radius 2 is 1.71 bits per heavy atom. The number of nitrogens with zero attached hydrogens (tertiary/aromatic N) is 2. The number of amides is 2. The van der Waals surface area contributed by atoms with Crippen LogP contribution >= 0.6 is 0 Å². The van der Waals surface area contributed by atoms with Crippen LogP contribution in [-0.4, -0.2) is 85.8 Å². The van der Waals surface area contributed by atoms with E-state index in [-0.39, 0.29) is 36.3 Å². The third-order valence-corrected chi connectivity index (χ3v) is 5.58. The minimum atomic E-state index is -0.837. The molecule has 0 saturated carbocycles. The molecule has 2 aliphatic rings. The maximum Gasteiger partial charge on any atom is 0.251 e. The predicted molar refractivity (Wildman–Crippen MR) is 111 cm³/mol. The molecule has 172 valence electrons. The Labute approximate surface area is 181 Å². The van der Waals surface area contributed by atoms with Crippen molar-refractivity contribution < 1.29 is 27.8 Å². The molecule has 0 radical (unpaired) electrons. The van der Waals surface area contributed by atoms with Crippen molar-refractivity contribution in [2.75, 3.05) is 45.9 Å². The monoisotopic (exact) mass is 439 g/mol. The Balaban J connectivity index is 1.33. The fraction of sp³-hybridized carbons (Fsp3) is 0.636. The zero-order valence-corrected chi connectivity index (χ0v) is 18.1. The second-order valence-corrected chi connectivity index (χ2v) is 8.31. The summed E-state index contributed by atoms with van der Waals surface area (Å²) in [6.45, 7) is 8.39. The summed E-state index contributed by atoms with van der Waals surface area (Å²) < 4.78 is 38.2. The Bertz CT molecular complexity index is 741. The quantitative estimate of drug-likeness (QED) is 0.702. The first-order valence-corrected chi connectivity index (χ1v) is 10.8. The highest BCUT2D eigenvalue weighted by molar-refractivity contribution is 5.96. The smallest absolute Gasteiger partial charge is 0.251 e. The van der Waals surface area contributed by atoms with Crippen LogP contribution in [-0.2, 0) is 14.3 Å². The number of nitrogens with one attached hydrogen (secondary N) is 1. The third-order valence-electron chi connectivity index (χ3n) is 5.58. The number of morpholine rings is 1. The molecule has 1 aromatic carbocycles.